The maximum Gasteiger partial charge on any atom is 4.00 e. The molecule has 0 N–H and O–H groups in total. The van der Waals surface area contributed by atoms with Crippen LogP contribution in [0, 0.1) is 70.6 Å². The number of hydrogen-bond acceptors (Lipinski definition) is 1. The van der Waals surface area contributed by atoms with Gasteiger partial charge in [0.25, 0.3) is 0 Å². The molecule has 322 valence electrons. The molecule has 0 bridgehead atoms. The van der Waals surface area contributed by atoms with Crippen molar-refractivity contribution >= 4 is 33.9 Å². The van der Waals surface area contributed by atoms with E-state index in [1.165, 1.54) is 45.5 Å². The number of benzene rings is 5. The summed E-state index contributed by atoms with van der Waals surface area (Å²) in [5.74, 6) is -10.3. The van der Waals surface area contributed by atoms with Gasteiger partial charge in [-0.15, -0.1) is 50.5 Å². The van der Waals surface area contributed by atoms with Crippen molar-refractivity contribution in [3.63, 3.8) is 0 Å². The molecule has 0 aliphatic rings. The van der Waals surface area contributed by atoms with Crippen LogP contribution in [-0.4, -0.2) is 21.7 Å². The molecule has 0 radical (unpaired) electrons. The maximum absolute atomic E-state index is 13.4. The van der Waals surface area contributed by atoms with Crippen molar-refractivity contribution in [1.29, 1.82) is 0 Å². The fourth-order valence-corrected chi connectivity index (χ4v) is 6.42. The van der Waals surface area contributed by atoms with E-state index >= 15 is 0 Å². The van der Waals surface area contributed by atoms with Gasteiger partial charge >= 0.3 is 21.1 Å². The topological polar surface area (TPSA) is 64.6 Å². The van der Waals surface area contributed by atoms with Crippen LogP contribution in [0.3, 0.4) is 0 Å². The van der Waals surface area contributed by atoms with E-state index in [2.05, 4.69) is 174 Å². The average Bonchev–Trinajstić information content (AvgIpc) is 3.06. The van der Waals surface area contributed by atoms with Crippen LogP contribution in [0.15, 0.2) is 89.8 Å². The SMILES string of the molecule is Cc1cc(C)cc([N-]C(C)(C)C)c1.Cc1cc(C)cc([N-]C(C)(C)C)c1.Cc1cc(C)cc([N-]C(C)(C)C)c1.[Mo+4].[N-]=C(Sc1c(F)c(F)c(F)c(F)c1F)c1ccccc1. The molecule has 5 aromatic rings. The van der Waals surface area contributed by atoms with Gasteiger partial charge in [-0.05, 0) is 47.1 Å². The van der Waals surface area contributed by atoms with Crippen LogP contribution < -0.4 is 0 Å². The van der Waals surface area contributed by atoms with Gasteiger partial charge < -0.3 is 21.4 Å². The number of aryl methyl sites for hydroxylation is 6. The minimum atomic E-state index is -2.23. The Hall–Kier alpha value is -4.14. The van der Waals surface area contributed by atoms with Gasteiger partial charge in [-0.3, -0.25) is 0 Å². The van der Waals surface area contributed by atoms with Gasteiger partial charge in [0.05, 0.1) is 4.90 Å². The fraction of sp³-hybridized carbons (Fsp3) is 0.367. The van der Waals surface area contributed by atoms with E-state index in [-0.39, 0.29) is 55.0 Å². The standard InChI is InChI=1S/C13H5F5NS.3C12H18N.Mo/c14-7-8(15)10(17)12(11(18)9(7)16)20-13(19)6-4-2-1-3-5-6;3*1-9-6-10(2)8-11(7-9)13-12(3,4)5;/h1-5H;3*6-8H,1-5H3;/q4*-1;+4. The summed E-state index contributed by atoms with van der Waals surface area (Å²) in [4.78, 5) is -1.15. The Kier molecular flexibility index (Phi) is 20.8. The summed E-state index contributed by atoms with van der Waals surface area (Å²) >= 11 is 0.0625. The molecule has 0 fully saturated rings. The van der Waals surface area contributed by atoms with E-state index in [1.807, 2.05) is 0 Å². The molecule has 11 heteroatoms. The fourth-order valence-electron chi connectivity index (χ4n) is 5.62. The Morgan fingerprint density at radius 3 is 0.933 bits per heavy atom. The summed E-state index contributed by atoms with van der Waals surface area (Å²) in [6, 6.07) is 26.8. The van der Waals surface area contributed by atoms with Gasteiger partial charge in [0.2, 0.25) is 5.82 Å². The van der Waals surface area contributed by atoms with Crippen LogP contribution in [0.2, 0.25) is 0 Å². The predicted octanol–water partition coefficient (Wildman–Crippen LogP) is 16.8. The Balaban J connectivity index is 0.000000406. The van der Waals surface area contributed by atoms with E-state index < -0.39 is 39.0 Å². The summed E-state index contributed by atoms with van der Waals surface area (Å²) in [5, 5.41) is 22.9. The molecule has 0 aliphatic carbocycles. The molecule has 0 saturated heterocycles. The molecule has 0 spiro atoms. The molecule has 0 atom stereocenters. The van der Waals surface area contributed by atoms with Crippen LogP contribution in [0.4, 0.5) is 39.0 Å². The second kappa shape index (κ2) is 23.2. The van der Waals surface area contributed by atoms with E-state index in [4.69, 9.17) is 0 Å². The predicted molar refractivity (Wildman–Crippen MR) is 242 cm³/mol. The molecule has 0 saturated carbocycles. The minimum Gasteiger partial charge on any atom is -0.797 e. The molecule has 0 aromatic heterocycles. The largest absolute Gasteiger partial charge is 4.00 e. The monoisotopic (exact) mass is 928 g/mol. The molecule has 4 nitrogen and oxygen atoms in total. The third-order valence-corrected chi connectivity index (χ3v) is 8.39. The second-order valence-corrected chi connectivity index (χ2v) is 18.6. The Morgan fingerprint density at radius 2 is 0.683 bits per heavy atom. The number of hydrogen-bond donors (Lipinski definition) is 0. The summed E-state index contributed by atoms with van der Waals surface area (Å²) in [6.07, 6.45) is 0. The zero-order chi connectivity index (χ0) is 45.0. The molecule has 0 heterocycles. The van der Waals surface area contributed by atoms with Crippen LogP contribution >= 0.6 is 11.8 Å². The first-order valence-corrected chi connectivity index (χ1v) is 20.1. The van der Waals surface area contributed by atoms with E-state index in [1.54, 1.807) is 18.2 Å². The van der Waals surface area contributed by atoms with Gasteiger partial charge in [-0.2, -0.15) is 0 Å². The smallest absolute Gasteiger partial charge is 0.797 e. The first-order chi connectivity index (χ1) is 27.0. The Morgan fingerprint density at radius 1 is 0.433 bits per heavy atom. The van der Waals surface area contributed by atoms with Gasteiger partial charge in [0.1, 0.15) is 0 Å². The molecule has 5 aromatic carbocycles. The number of rotatable bonds is 5. The quantitative estimate of drug-likeness (QED) is 0.0329. The first kappa shape index (κ1) is 53.9. The number of thioether (sulfide) groups is 1. The molecular formula is C49H59F5MoN4S. The molecule has 5 rings (SSSR count). The van der Waals surface area contributed by atoms with Gasteiger partial charge in [0, 0.05) is 0 Å². The Bertz CT molecular complexity index is 1930. The molecule has 0 amide bonds. The summed E-state index contributed by atoms with van der Waals surface area (Å²) in [7, 11) is 0. The zero-order valence-corrected chi connectivity index (χ0v) is 40.4. The molecule has 60 heavy (non-hydrogen) atoms. The third kappa shape index (κ3) is 19.9. The van der Waals surface area contributed by atoms with Gasteiger partial charge in [0.15, 0.2) is 23.3 Å². The van der Waals surface area contributed by atoms with E-state index in [9.17, 15) is 27.4 Å². The zero-order valence-electron chi connectivity index (χ0n) is 37.6. The minimum absolute atomic E-state index is 0. The molecule has 0 unspecified atom stereocenters. The van der Waals surface area contributed by atoms with Crippen molar-refractivity contribution in [3.05, 3.63) is 174 Å². The van der Waals surface area contributed by atoms with Gasteiger partial charge in [-0.25, -0.2) is 22.0 Å². The second-order valence-electron chi connectivity index (χ2n) is 17.6. The van der Waals surface area contributed by atoms with Gasteiger partial charge in [-0.1, -0.05) is 181 Å². The number of halogens is 5. The van der Waals surface area contributed by atoms with Crippen molar-refractivity contribution in [2.45, 2.75) is 125 Å². The molecular weight excluding hydrogens is 868 g/mol. The van der Waals surface area contributed by atoms with E-state index in [0.717, 1.165) is 17.1 Å². The van der Waals surface area contributed by atoms with Crippen LogP contribution in [0.25, 0.3) is 21.4 Å². The summed E-state index contributed by atoms with van der Waals surface area (Å²) in [5.41, 5.74) is 11.2. The average molecular weight is 927 g/mol. The van der Waals surface area contributed by atoms with E-state index in [0.29, 0.717) is 0 Å². The van der Waals surface area contributed by atoms with Crippen LogP contribution in [0.5, 0.6) is 0 Å². The van der Waals surface area contributed by atoms with Crippen molar-refractivity contribution in [2.75, 3.05) is 0 Å². The molecule has 0 aliphatic heterocycles. The third-order valence-electron chi connectivity index (χ3n) is 7.40. The van der Waals surface area contributed by atoms with Crippen LogP contribution in [-0.2, 0) is 21.1 Å². The Labute approximate surface area is 374 Å². The maximum atomic E-state index is 13.4. The van der Waals surface area contributed by atoms with Crippen LogP contribution in [0.1, 0.15) is 101 Å². The van der Waals surface area contributed by atoms with Crippen molar-refractivity contribution < 1.29 is 43.0 Å². The summed E-state index contributed by atoms with van der Waals surface area (Å²) in [6.45, 7) is 31.7. The van der Waals surface area contributed by atoms with Crippen molar-refractivity contribution in [2.24, 2.45) is 0 Å². The normalized spacial score (nSPS) is 11.0. The summed E-state index contributed by atoms with van der Waals surface area (Å²) < 4.78 is 65.7. The van der Waals surface area contributed by atoms with Crippen molar-refractivity contribution in [1.82, 2.24) is 0 Å². The number of nitrogens with zero attached hydrogens (tertiary/aromatic N) is 4. The van der Waals surface area contributed by atoms with Crippen molar-refractivity contribution in [3.8, 4) is 0 Å². The first-order valence-electron chi connectivity index (χ1n) is 19.3.